The highest BCUT2D eigenvalue weighted by atomic mass is 35.5. The number of hydrogen-bond donors (Lipinski definition) is 1. The molecule has 0 aliphatic rings. The van der Waals surface area contributed by atoms with Crippen molar-refractivity contribution in [2.24, 2.45) is 0 Å². The Bertz CT molecular complexity index is 806. The maximum Gasteiger partial charge on any atom is 0.244 e. The first kappa shape index (κ1) is 18.6. The van der Waals surface area contributed by atoms with Gasteiger partial charge in [0.05, 0.1) is 13.2 Å². The molecule has 2 rings (SSSR count). The third-order valence-electron chi connectivity index (χ3n) is 3.15. The number of nitrogens with one attached hydrogen (secondary N) is 1. The van der Waals surface area contributed by atoms with Crippen molar-refractivity contribution in [3.05, 3.63) is 53.1 Å². The van der Waals surface area contributed by atoms with Crippen LogP contribution in [0, 0.1) is 0 Å². The van der Waals surface area contributed by atoms with E-state index in [1.807, 2.05) is 32.0 Å². The zero-order valence-electron chi connectivity index (χ0n) is 13.7. The summed E-state index contributed by atoms with van der Waals surface area (Å²) in [6, 6.07) is 11.7. The number of benzene rings is 2. The Kier molecular flexibility index (Phi) is 6.10. The second-order valence-corrected chi connectivity index (χ2v) is 7.61. The van der Waals surface area contributed by atoms with Gasteiger partial charge in [-0.15, -0.1) is 0 Å². The highest BCUT2D eigenvalue weighted by Gasteiger charge is 2.19. The van der Waals surface area contributed by atoms with Gasteiger partial charge in [-0.2, -0.15) is 0 Å². The van der Waals surface area contributed by atoms with E-state index >= 15 is 0 Å². The number of halogens is 1. The van der Waals surface area contributed by atoms with Crippen molar-refractivity contribution >= 4 is 21.6 Å². The van der Waals surface area contributed by atoms with Crippen molar-refractivity contribution in [3.63, 3.8) is 0 Å². The highest BCUT2D eigenvalue weighted by Crippen LogP contribution is 2.27. The number of rotatable bonds is 7. The fraction of sp³-hybridized carbons (Fsp3) is 0.294. The molecule has 0 aromatic heterocycles. The minimum absolute atomic E-state index is 0.00656. The standard InChI is InChI=1S/C17H20ClNO4S/c1-12(2)23-15-6-4-5-13(9-15)11-19-24(20,21)17-10-14(18)7-8-16(17)22-3/h4-10,12,19H,11H2,1-3H3. The van der Waals surface area contributed by atoms with Gasteiger partial charge >= 0.3 is 0 Å². The molecule has 0 radical (unpaired) electrons. The first-order valence-electron chi connectivity index (χ1n) is 7.40. The summed E-state index contributed by atoms with van der Waals surface area (Å²) < 4.78 is 38.3. The molecule has 0 bridgehead atoms. The van der Waals surface area contributed by atoms with E-state index in [0.717, 1.165) is 5.56 Å². The average molecular weight is 370 g/mol. The van der Waals surface area contributed by atoms with Crippen LogP contribution >= 0.6 is 11.6 Å². The summed E-state index contributed by atoms with van der Waals surface area (Å²) in [7, 11) is -2.35. The van der Waals surface area contributed by atoms with E-state index in [9.17, 15) is 8.42 Å². The van der Waals surface area contributed by atoms with E-state index in [-0.39, 0.29) is 23.3 Å². The van der Waals surface area contributed by atoms with Gasteiger partial charge in [-0.1, -0.05) is 23.7 Å². The molecule has 0 saturated heterocycles. The number of ether oxygens (including phenoxy) is 2. The lowest BCUT2D eigenvalue weighted by Gasteiger charge is -2.13. The van der Waals surface area contributed by atoms with Crippen LogP contribution < -0.4 is 14.2 Å². The van der Waals surface area contributed by atoms with Crippen LogP contribution in [-0.4, -0.2) is 21.6 Å². The lowest BCUT2D eigenvalue weighted by atomic mass is 10.2. The Hall–Kier alpha value is -1.76. The van der Waals surface area contributed by atoms with Crippen LogP contribution in [0.1, 0.15) is 19.4 Å². The Morgan fingerprint density at radius 2 is 1.92 bits per heavy atom. The van der Waals surface area contributed by atoms with E-state index in [1.54, 1.807) is 12.1 Å². The molecular weight excluding hydrogens is 350 g/mol. The highest BCUT2D eigenvalue weighted by molar-refractivity contribution is 7.89. The zero-order valence-corrected chi connectivity index (χ0v) is 15.3. The van der Waals surface area contributed by atoms with Crippen molar-refractivity contribution in [3.8, 4) is 11.5 Å². The maximum absolute atomic E-state index is 12.5. The molecule has 0 saturated carbocycles. The minimum atomic E-state index is -3.76. The molecule has 7 heteroatoms. The van der Waals surface area contributed by atoms with Crippen LogP contribution in [0.3, 0.4) is 0 Å². The lowest BCUT2D eigenvalue weighted by Crippen LogP contribution is -2.23. The molecule has 5 nitrogen and oxygen atoms in total. The average Bonchev–Trinajstić information content (AvgIpc) is 2.53. The number of hydrogen-bond acceptors (Lipinski definition) is 4. The summed E-state index contributed by atoms with van der Waals surface area (Å²) in [6.07, 6.45) is 0.0488. The summed E-state index contributed by atoms with van der Waals surface area (Å²) in [6.45, 7) is 3.99. The molecule has 2 aromatic rings. The van der Waals surface area contributed by atoms with Gasteiger partial charge in [0.2, 0.25) is 10.0 Å². The molecule has 0 amide bonds. The lowest BCUT2D eigenvalue weighted by molar-refractivity contribution is 0.242. The first-order chi connectivity index (χ1) is 11.3. The molecular formula is C17H20ClNO4S. The van der Waals surface area contributed by atoms with Gasteiger partial charge in [-0.3, -0.25) is 0 Å². The van der Waals surface area contributed by atoms with Gasteiger partial charge in [-0.05, 0) is 49.7 Å². The number of methoxy groups -OCH3 is 1. The molecule has 0 atom stereocenters. The Morgan fingerprint density at radius 3 is 2.58 bits per heavy atom. The summed E-state index contributed by atoms with van der Waals surface area (Å²) in [5, 5.41) is 0.323. The minimum Gasteiger partial charge on any atom is -0.495 e. The van der Waals surface area contributed by atoms with E-state index in [0.29, 0.717) is 10.8 Å². The normalized spacial score (nSPS) is 11.5. The van der Waals surface area contributed by atoms with Gasteiger partial charge in [0, 0.05) is 11.6 Å². The predicted octanol–water partition coefficient (Wildman–Crippen LogP) is 3.61. The van der Waals surface area contributed by atoms with Crippen LogP contribution in [0.2, 0.25) is 5.02 Å². The first-order valence-corrected chi connectivity index (χ1v) is 9.27. The van der Waals surface area contributed by atoms with Gasteiger partial charge in [-0.25, -0.2) is 13.1 Å². The second kappa shape index (κ2) is 7.88. The fourth-order valence-electron chi connectivity index (χ4n) is 2.12. The van der Waals surface area contributed by atoms with Gasteiger partial charge < -0.3 is 9.47 Å². The molecule has 1 N–H and O–H groups in total. The van der Waals surface area contributed by atoms with E-state index < -0.39 is 10.0 Å². The van der Waals surface area contributed by atoms with Crippen molar-refractivity contribution in [1.29, 1.82) is 0 Å². The molecule has 0 spiro atoms. The van der Waals surface area contributed by atoms with Gasteiger partial charge in [0.15, 0.2) is 0 Å². The summed E-state index contributed by atoms with van der Waals surface area (Å²) in [5.74, 6) is 0.936. The SMILES string of the molecule is COc1ccc(Cl)cc1S(=O)(=O)NCc1cccc(OC(C)C)c1. The summed E-state index contributed by atoms with van der Waals surface area (Å²) in [4.78, 5) is 0.00656. The van der Waals surface area contributed by atoms with Gasteiger partial charge in [0.25, 0.3) is 0 Å². The smallest absolute Gasteiger partial charge is 0.244 e. The topological polar surface area (TPSA) is 64.6 Å². The third-order valence-corrected chi connectivity index (χ3v) is 4.81. The Morgan fingerprint density at radius 1 is 1.17 bits per heavy atom. The zero-order chi connectivity index (χ0) is 17.7. The monoisotopic (exact) mass is 369 g/mol. The van der Waals surface area contributed by atoms with Crippen molar-refractivity contribution < 1.29 is 17.9 Å². The molecule has 0 heterocycles. The van der Waals surface area contributed by atoms with E-state index in [4.69, 9.17) is 21.1 Å². The molecule has 2 aromatic carbocycles. The molecule has 0 fully saturated rings. The van der Waals surface area contributed by atoms with Crippen LogP contribution in [0.5, 0.6) is 11.5 Å². The van der Waals surface area contributed by atoms with E-state index in [2.05, 4.69) is 4.72 Å². The van der Waals surface area contributed by atoms with Crippen molar-refractivity contribution in [2.75, 3.05) is 7.11 Å². The summed E-state index contributed by atoms with van der Waals surface area (Å²) in [5.41, 5.74) is 0.790. The number of sulfonamides is 1. The third kappa shape index (κ3) is 4.87. The second-order valence-electron chi connectivity index (χ2n) is 5.43. The van der Waals surface area contributed by atoms with Crippen LogP contribution in [0.4, 0.5) is 0 Å². The quantitative estimate of drug-likeness (QED) is 0.809. The Balaban J connectivity index is 2.18. The Labute approximate surface area is 147 Å². The molecule has 24 heavy (non-hydrogen) atoms. The van der Waals surface area contributed by atoms with Crippen LogP contribution in [0.15, 0.2) is 47.4 Å². The summed E-state index contributed by atoms with van der Waals surface area (Å²) >= 11 is 5.90. The molecule has 0 aliphatic carbocycles. The van der Waals surface area contributed by atoms with E-state index in [1.165, 1.54) is 19.2 Å². The van der Waals surface area contributed by atoms with Gasteiger partial charge in [0.1, 0.15) is 16.4 Å². The molecule has 0 aliphatic heterocycles. The maximum atomic E-state index is 12.5. The predicted molar refractivity (Wildman–Crippen MR) is 94.2 cm³/mol. The van der Waals surface area contributed by atoms with Crippen molar-refractivity contribution in [2.45, 2.75) is 31.4 Å². The molecule has 130 valence electrons. The van der Waals surface area contributed by atoms with Crippen molar-refractivity contribution in [1.82, 2.24) is 4.72 Å². The van der Waals surface area contributed by atoms with Crippen LogP contribution in [-0.2, 0) is 16.6 Å². The fourth-order valence-corrected chi connectivity index (χ4v) is 3.56. The largest absolute Gasteiger partial charge is 0.495 e. The van der Waals surface area contributed by atoms with Crippen LogP contribution in [0.25, 0.3) is 0 Å². The molecule has 0 unspecified atom stereocenters.